The van der Waals surface area contributed by atoms with Crippen LogP contribution in [0.15, 0.2) is 30.3 Å². The monoisotopic (exact) mass is 260 g/mol. The minimum absolute atomic E-state index is 0.0187. The van der Waals surface area contributed by atoms with Gasteiger partial charge in [0, 0.05) is 6.04 Å². The van der Waals surface area contributed by atoms with Crippen molar-refractivity contribution < 1.29 is 4.79 Å². The number of amides is 1. The van der Waals surface area contributed by atoms with Crippen molar-refractivity contribution in [1.82, 2.24) is 5.32 Å². The van der Waals surface area contributed by atoms with Crippen LogP contribution in [0, 0.1) is 11.8 Å². The lowest BCUT2D eigenvalue weighted by molar-refractivity contribution is -0.123. The van der Waals surface area contributed by atoms with Gasteiger partial charge >= 0.3 is 0 Å². The van der Waals surface area contributed by atoms with E-state index in [0.717, 1.165) is 12.0 Å². The molecule has 0 radical (unpaired) electrons. The van der Waals surface area contributed by atoms with Crippen molar-refractivity contribution in [2.45, 2.75) is 45.2 Å². The Morgan fingerprint density at radius 1 is 1.32 bits per heavy atom. The minimum atomic E-state index is -0.453. The summed E-state index contributed by atoms with van der Waals surface area (Å²) in [6, 6.07) is 9.77. The first-order valence-corrected chi connectivity index (χ1v) is 7.18. The van der Waals surface area contributed by atoms with Crippen molar-refractivity contribution >= 4 is 5.91 Å². The molecule has 3 N–H and O–H groups in total. The van der Waals surface area contributed by atoms with Gasteiger partial charge in [0.1, 0.15) is 0 Å². The van der Waals surface area contributed by atoms with E-state index in [1.165, 1.54) is 6.42 Å². The highest BCUT2D eigenvalue weighted by molar-refractivity contribution is 5.82. The molecule has 3 heteroatoms. The first-order valence-electron chi connectivity index (χ1n) is 7.18. The van der Waals surface area contributed by atoms with E-state index in [0.29, 0.717) is 24.3 Å². The van der Waals surface area contributed by atoms with Crippen molar-refractivity contribution in [3.8, 4) is 0 Å². The highest BCUT2D eigenvalue weighted by Crippen LogP contribution is 2.31. The van der Waals surface area contributed by atoms with Gasteiger partial charge in [0.15, 0.2) is 0 Å². The molecule has 3 nitrogen and oxygen atoms in total. The third kappa shape index (κ3) is 3.57. The molecule has 1 fully saturated rings. The van der Waals surface area contributed by atoms with E-state index in [1.54, 1.807) is 0 Å². The maximum atomic E-state index is 12.1. The molecule has 2 rings (SSSR count). The largest absolute Gasteiger partial charge is 0.352 e. The van der Waals surface area contributed by atoms with E-state index in [9.17, 15) is 4.79 Å². The van der Waals surface area contributed by atoms with E-state index in [4.69, 9.17) is 5.73 Å². The van der Waals surface area contributed by atoms with Gasteiger partial charge in [0.2, 0.25) is 5.91 Å². The lowest BCUT2D eigenvalue weighted by Gasteiger charge is -2.22. The molecule has 0 saturated heterocycles. The molecule has 1 aromatic rings. The summed E-state index contributed by atoms with van der Waals surface area (Å²) in [4.78, 5) is 12.1. The maximum absolute atomic E-state index is 12.1. The van der Waals surface area contributed by atoms with Gasteiger partial charge in [-0.15, -0.1) is 0 Å². The summed E-state index contributed by atoms with van der Waals surface area (Å²) in [6.07, 6.45) is 2.87. The van der Waals surface area contributed by atoms with E-state index >= 15 is 0 Å². The van der Waals surface area contributed by atoms with Crippen molar-refractivity contribution in [1.29, 1.82) is 0 Å². The Morgan fingerprint density at radius 3 is 2.58 bits per heavy atom. The van der Waals surface area contributed by atoms with E-state index < -0.39 is 6.04 Å². The van der Waals surface area contributed by atoms with Gasteiger partial charge in [-0.1, -0.05) is 44.2 Å². The Labute approximate surface area is 115 Å². The molecule has 19 heavy (non-hydrogen) atoms. The number of nitrogens with two attached hydrogens (primary N) is 1. The molecule has 104 valence electrons. The fourth-order valence-corrected chi connectivity index (χ4v) is 2.82. The molecule has 0 bridgehead atoms. The van der Waals surface area contributed by atoms with Crippen LogP contribution in [-0.2, 0) is 11.2 Å². The Hall–Kier alpha value is -1.35. The molecule has 1 aliphatic rings. The predicted octanol–water partition coefficient (Wildman–Crippen LogP) is 2.11. The topological polar surface area (TPSA) is 55.1 Å². The summed E-state index contributed by atoms with van der Waals surface area (Å²) in [6.45, 7) is 4.46. The van der Waals surface area contributed by atoms with Gasteiger partial charge in [-0.2, -0.15) is 0 Å². The lowest BCUT2D eigenvalue weighted by Crippen LogP contribution is -2.47. The SMILES string of the molecule is CC1CCC(NC(=O)[C@H](N)Cc2ccccc2)C1C. The molecule has 1 saturated carbocycles. The molecule has 0 aromatic heterocycles. The van der Waals surface area contributed by atoms with E-state index in [-0.39, 0.29) is 5.91 Å². The summed E-state index contributed by atoms with van der Waals surface area (Å²) in [5.74, 6) is 1.22. The van der Waals surface area contributed by atoms with Gasteiger partial charge in [-0.05, 0) is 36.7 Å². The number of rotatable bonds is 4. The molecular weight excluding hydrogens is 236 g/mol. The highest BCUT2D eigenvalue weighted by atomic mass is 16.2. The molecule has 1 aromatic carbocycles. The molecule has 0 aliphatic heterocycles. The number of carbonyl (C=O) groups is 1. The normalized spacial score (nSPS) is 28.1. The first-order chi connectivity index (χ1) is 9.08. The van der Waals surface area contributed by atoms with Crippen LogP contribution in [0.3, 0.4) is 0 Å². The maximum Gasteiger partial charge on any atom is 0.237 e. The van der Waals surface area contributed by atoms with Crippen LogP contribution in [0.25, 0.3) is 0 Å². The second kappa shape index (κ2) is 6.20. The number of carbonyl (C=O) groups excluding carboxylic acids is 1. The first kappa shape index (κ1) is 14.1. The van der Waals surface area contributed by atoms with E-state index in [2.05, 4.69) is 19.2 Å². The Morgan fingerprint density at radius 2 is 2.00 bits per heavy atom. The smallest absolute Gasteiger partial charge is 0.237 e. The second-order valence-electron chi connectivity index (χ2n) is 5.83. The zero-order valence-electron chi connectivity index (χ0n) is 11.8. The standard InChI is InChI=1S/C16H24N2O/c1-11-8-9-15(12(11)2)18-16(19)14(17)10-13-6-4-3-5-7-13/h3-7,11-12,14-15H,8-10,17H2,1-2H3,(H,18,19)/t11?,12?,14-,15?/m1/s1. The van der Waals surface area contributed by atoms with Gasteiger partial charge < -0.3 is 11.1 Å². The Balaban J connectivity index is 1.86. The van der Waals surface area contributed by atoms with Crippen LogP contribution >= 0.6 is 0 Å². The number of hydrogen-bond donors (Lipinski definition) is 2. The Kier molecular flexibility index (Phi) is 4.59. The van der Waals surface area contributed by atoms with Gasteiger partial charge in [-0.3, -0.25) is 4.79 Å². The van der Waals surface area contributed by atoms with Crippen LogP contribution in [0.1, 0.15) is 32.3 Å². The van der Waals surface area contributed by atoms with Crippen LogP contribution in [0.4, 0.5) is 0 Å². The highest BCUT2D eigenvalue weighted by Gasteiger charge is 2.31. The minimum Gasteiger partial charge on any atom is -0.352 e. The van der Waals surface area contributed by atoms with Crippen molar-refractivity contribution in [3.05, 3.63) is 35.9 Å². The van der Waals surface area contributed by atoms with Crippen molar-refractivity contribution in [3.63, 3.8) is 0 Å². The van der Waals surface area contributed by atoms with Crippen LogP contribution in [-0.4, -0.2) is 18.0 Å². The van der Waals surface area contributed by atoms with Crippen LogP contribution in [0.2, 0.25) is 0 Å². The van der Waals surface area contributed by atoms with Gasteiger partial charge in [0.05, 0.1) is 6.04 Å². The molecule has 0 heterocycles. The molecular formula is C16H24N2O. The third-order valence-electron chi connectivity index (χ3n) is 4.43. The summed E-state index contributed by atoms with van der Waals surface area (Å²) >= 11 is 0. The summed E-state index contributed by atoms with van der Waals surface area (Å²) < 4.78 is 0. The van der Waals surface area contributed by atoms with E-state index in [1.807, 2.05) is 30.3 Å². The zero-order valence-corrected chi connectivity index (χ0v) is 11.8. The second-order valence-corrected chi connectivity index (χ2v) is 5.83. The fourth-order valence-electron chi connectivity index (χ4n) is 2.82. The summed E-state index contributed by atoms with van der Waals surface area (Å²) in [7, 11) is 0. The van der Waals surface area contributed by atoms with Crippen molar-refractivity contribution in [2.24, 2.45) is 17.6 Å². The molecule has 4 atom stereocenters. The molecule has 1 aliphatic carbocycles. The molecule has 1 amide bonds. The number of nitrogens with one attached hydrogen (secondary N) is 1. The summed E-state index contributed by atoms with van der Waals surface area (Å²) in [5.41, 5.74) is 7.10. The molecule has 3 unspecified atom stereocenters. The Bertz CT molecular complexity index is 418. The molecule has 0 spiro atoms. The zero-order chi connectivity index (χ0) is 13.8. The van der Waals surface area contributed by atoms with Crippen LogP contribution < -0.4 is 11.1 Å². The lowest BCUT2D eigenvalue weighted by atomic mass is 9.97. The third-order valence-corrected chi connectivity index (χ3v) is 4.43. The predicted molar refractivity (Wildman–Crippen MR) is 77.6 cm³/mol. The quantitative estimate of drug-likeness (QED) is 0.871. The average molecular weight is 260 g/mol. The van der Waals surface area contributed by atoms with Crippen molar-refractivity contribution in [2.75, 3.05) is 0 Å². The average Bonchev–Trinajstić information content (AvgIpc) is 2.72. The fraction of sp³-hybridized carbons (Fsp3) is 0.562. The number of hydrogen-bond acceptors (Lipinski definition) is 2. The van der Waals surface area contributed by atoms with Gasteiger partial charge in [0.25, 0.3) is 0 Å². The van der Waals surface area contributed by atoms with Gasteiger partial charge in [-0.25, -0.2) is 0 Å². The van der Waals surface area contributed by atoms with Crippen LogP contribution in [0.5, 0.6) is 0 Å². The number of benzene rings is 1. The summed E-state index contributed by atoms with van der Waals surface area (Å²) in [5, 5.41) is 3.12.